The average molecular weight is 264 g/mol. The lowest BCUT2D eigenvalue weighted by Crippen LogP contribution is -2.03. The van der Waals surface area contributed by atoms with Crippen LogP contribution in [0.2, 0.25) is 0 Å². The molecule has 4 nitrogen and oxygen atoms in total. The van der Waals surface area contributed by atoms with E-state index in [1.165, 1.54) is 5.56 Å². The van der Waals surface area contributed by atoms with Crippen LogP contribution in [0.1, 0.15) is 11.3 Å². The minimum absolute atomic E-state index is 0.521. The van der Waals surface area contributed by atoms with Crippen LogP contribution in [0.15, 0.2) is 61.1 Å². The van der Waals surface area contributed by atoms with Gasteiger partial charge >= 0.3 is 0 Å². The molecular weight excluding hydrogens is 248 g/mol. The van der Waals surface area contributed by atoms with Gasteiger partial charge in [-0.05, 0) is 17.2 Å². The number of hydrogen-bond donors (Lipinski definition) is 1. The minimum atomic E-state index is 0.521. The lowest BCUT2D eigenvalue weighted by atomic mass is 10.1. The monoisotopic (exact) mass is 264 g/mol. The first-order valence-corrected chi connectivity index (χ1v) is 6.57. The second-order valence-electron chi connectivity index (χ2n) is 4.65. The lowest BCUT2D eigenvalue weighted by molar-refractivity contribution is 0.672. The first-order chi connectivity index (χ1) is 9.85. The second kappa shape index (κ2) is 5.67. The van der Waals surface area contributed by atoms with Crippen molar-refractivity contribution in [1.29, 1.82) is 0 Å². The number of aromatic nitrogens is 3. The van der Waals surface area contributed by atoms with Gasteiger partial charge in [0, 0.05) is 24.5 Å². The molecule has 0 saturated heterocycles. The molecule has 0 aliphatic rings. The molecule has 4 heteroatoms. The molecule has 3 aromatic rings. The fraction of sp³-hybridized carbons (Fsp3) is 0.125. The van der Waals surface area contributed by atoms with E-state index in [0.717, 1.165) is 16.8 Å². The van der Waals surface area contributed by atoms with Crippen molar-refractivity contribution in [3.05, 3.63) is 72.3 Å². The smallest absolute Gasteiger partial charge is 0.0831 e. The Balaban J connectivity index is 1.77. The molecule has 0 unspecified atom stereocenters. The fourth-order valence-electron chi connectivity index (χ4n) is 2.07. The summed E-state index contributed by atoms with van der Waals surface area (Å²) >= 11 is 0. The molecule has 0 radical (unpaired) electrons. The van der Waals surface area contributed by atoms with Crippen molar-refractivity contribution in [1.82, 2.24) is 14.8 Å². The predicted octanol–water partition coefficient (Wildman–Crippen LogP) is 2.45. The number of nitrogens with two attached hydrogens (primary N) is 1. The Kier molecular flexibility index (Phi) is 3.56. The first kappa shape index (κ1) is 12.6. The molecule has 2 N–H and O–H groups in total. The molecule has 0 amide bonds. The highest BCUT2D eigenvalue weighted by atomic mass is 15.3. The van der Waals surface area contributed by atoms with Crippen molar-refractivity contribution in [2.45, 2.75) is 13.1 Å². The fourth-order valence-corrected chi connectivity index (χ4v) is 2.07. The van der Waals surface area contributed by atoms with E-state index >= 15 is 0 Å². The Bertz CT molecular complexity index is 671. The molecule has 20 heavy (non-hydrogen) atoms. The van der Waals surface area contributed by atoms with Gasteiger partial charge in [0.15, 0.2) is 0 Å². The van der Waals surface area contributed by atoms with Gasteiger partial charge in [0.25, 0.3) is 0 Å². The van der Waals surface area contributed by atoms with Gasteiger partial charge in [0.05, 0.1) is 18.4 Å². The zero-order valence-electron chi connectivity index (χ0n) is 11.1. The van der Waals surface area contributed by atoms with Crippen molar-refractivity contribution < 1.29 is 0 Å². The summed E-state index contributed by atoms with van der Waals surface area (Å²) in [5, 5.41) is 4.38. The second-order valence-corrected chi connectivity index (χ2v) is 4.65. The third kappa shape index (κ3) is 2.75. The van der Waals surface area contributed by atoms with Crippen LogP contribution < -0.4 is 5.73 Å². The molecule has 0 spiro atoms. The van der Waals surface area contributed by atoms with E-state index in [9.17, 15) is 0 Å². The lowest BCUT2D eigenvalue weighted by Gasteiger charge is -2.02. The predicted molar refractivity (Wildman–Crippen MR) is 78.9 cm³/mol. The van der Waals surface area contributed by atoms with Crippen LogP contribution in [0, 0.1) is 0 Å². The first-order valence-electron chi connectivity index (χ1n) is 6.57. The Hall–Kier alpha value is -2.46. The van der Waals surface area contributed by atoms with E-state index in [0.29, 0.717) is 13.1 Å². The van der Waals surface area contributed by atoms with Gasteiger partial charge in [-0.25, -0.2) is 0 Å². The van der Waals surface area contributed by atoms with Gasteiger partial charge in [0.1, 0.15) is 0 Å². The summed E-state index contributed by atoms with van der Waals surface area (Å²) in [7, 11) is 0. The van der Waals surface area contributed by atoms with E-state index in [2.05, 4.69) is 22.2 Å². The van der Waals surface area contributed by atoms with Crippen LogP contribution in [0.3, 0.4) is 0 Å². The van der Waals surface area contributed by atoms with Gasteiger partial charge < -0.3 is 5.73 Å². The molecule has 2 aromatic heterocycles. The number of nitrogens with zero attached hydrogens (tertiary/aromatic N) is 3. The van der Waals surface area contributed by atoms with Gasteiger partial charge in [-0.2, -0.15) is 5.10 Å². The molecule has 2 heterocycles. The van der Waals surface area contributed by atoms with Gasteiger partial charge in [0.2, 0.25) is 0 Å². The third-order valence-electron chi connectivity index (χ3n) is 3.19. The summed E-state index contributed by atoms with van der Waals surface area (Å²) < 4.78 is 1.90. The average Bonchev–Trinajstić information content (AvgIpc) is 2.97. The highest BCUT2D eigenvalue weighted by Crippen LogP contribution is 2.17. The summed E-state index contributed by atoms with van der Waals surface area (Å²) in [4.78, 5) is 4.39. The van der Waals surface area contributed by atoms with Crippen LogP contribution in [-0.2, 0) is 13.1 Å². The molecule has 0 bridgehead atoms. The zero-order valence-corrected chi connectivity index (χ0v) is 11.1. The van der Waals surface area contributed by atoms with Crippen molar-refractivity contribution in [3.8, 4) is 11.1 Å². The molecule has 3 rings (SSSR count). The molecule has 1 aromatic carbocycles. The minimum Gasteiger partial charge on any atom is -0.326 e. The topological polar surface area (TPSA) is 56.7 Å². The van der Waals surface area contributed by atoms with Gasteiger partial charge in [-0.1, -0.05) is 36.4 Å². The van der Waals surface area contributed by atoms with Crippen LogP contribution in [-0.4, -0.2) is 14.8 Å². The Morgan fingerprint density at radius 3 is 2.50 bits per heavy atom. The SMILES string of the molecule is NCc1ccc(Cn2cc(-c3ccccc3)cn2)nc1. The number of pyridine rings is 1. The zero-order chi connectivity index (χ0) is 13.8. The normalized spacial score (nSPS) is 10.7. The number of hydrogen-bond acceptors (Lipinski definition) is 3. The highest BCUT2D eigenvalue weighted by molar-refractivity contribution is 5.61. The third-order valence-corrected chi connectivity index (χ3v) is 3.19. The molecule has 0 atom stereocenters. The van der Waals surface area contributed by atoms with E-state index in [-0.39, 0.29) is 0 Å². The van der Waals surface area contributed by atoms with Crippen molar-refractivity contribution in [2.75, 3.05) is 0 Å². The van der Waals surface area contributed by atoms with Crippen molar-refractivity contribution in [3.63, 3.8) is 0 Å². The molecular formula is C16H16N4. The van der Waals surface area contributed by atoms with Gasteiger partial charge in [-0.3, -0.25) is 9.67 Å². The maximum atomic E-state index is 5.56. The maximum Gasteiger partial charge on any atom is 0.0831 e. The summed E-state index contributed by atoms with van der Waals surface area (Å²) in [6.45, 7) is 1.19. The van der Waals surface area contributed by atoms with E-state index in [1.807, 2.05) is 53.6 Å². The van der Waals surface area contributed by atoms with E-state index in [1.54, 1.807) is 0 Å². The summed E-state index contributed by atoms with van der Waals surface area (Å²) in [5.74, 6) is 0. The summed E-state index contributed by atoms with van der Waals surface area (Å²) in [6, 6.07) is 14.2. The van der Waals surface area contributed by atoms with Crippen LogP contribution in [0.4, 0.5) is 0 Å². The van der Waals surface area contributed by atoms with Crippen LogP contribution in [0.25, 0.3) is 11.1 Å². The Labute approximate surface area is 117 Å². The van der Waals surface area contributed by atoms with Crippen molar-refractivity contribution in [2.24, 2.45) is 5.73 Å². The maximum absolute atomic E-state index is 5.56. The standard InChI is InChI=1S/C16H16N4/c17-8-13-6-7-16(18-9-13)12-20-11-15(10-19-20)14-4-2-1-3-5-14/h1-7,9-11H,8,12,17H2. The Morgan fingerprint density at radius 1 is 0.950 bits per heavy atom. The summed E-state index contributed by atoms with van der Waals surface area (Å²) in [6.07, 6.45) is 5.73. The molecule has 0 aliphatic carbocycles. The number of benzene rings is 1. The van der Waals surface area contributed by atoms with Crippen LogP contribution in [0.5, 0.6) is 0 Å². The molecule has 0 saturated carbocycles. The van der Waals surface area contributed by atoms with Crippen LogP contribution >= 0.6 is 0 Å². The molecule has 100 valence electrons. The van der Waals surface area contributed by atoms with Crippen molar-refractivity contribution >= 4 is 0 Å². The highest BCUT2D eigenvalue weighted by Gasteiger charge is 2.02. The molecule has 0 aliphatic heterocycles. The summed E-state index contributed by atoms with van der Waals surface area (Å²) in [5.41, 5.74) is 9.87. The Morgan fingerprint density at radius 2 is 1.80 bits per heavy atom. The quantitative estimate of drug-likeness (QED) is 0.787. The number of rotatable bonds is 4. The largest absolute Gasteiger partial charge is 0.326 e. The van der Waals surface area contributed by atoms with Gasteiger partial charge in [-0.15, -0.1) is 0 Å². The molecule has 0 fully saturated rings. The van der Waals surface area contributed by atoms with E-state index in [4.69, 9.17) is 5.73 Å². The van der Waals surface area contributed by atoms with E-state index < -0.39 is 0 Å².